The molecular formula is C8H6Cl6S. The summed E-state index contributed by atoms with van der Waals surface area (Å²) in [6.07, 6.45) is 2.43. The van der Waals surface area contributed by atoms with Crippen molar-refractivity contribution in [1.29, 1.82) is 0 Å². The molecule has 2 bridgehead atoms. The highest BCUT2D eigenvalue weighted by atomic mass is 35.5. The average Bonchev–Trinajstić information content (AvgIpc) is 2.39. The number of allylic oxidation sites excluding steroid dienone is 2. The largest absolute Gasteiger partial charge is 0.167 e. The molecule has 0 amide bonds. The first-order chi connectivity index (χ1) is 6.73. The minimum absolute atomic E-state index is 0.0401. The topological polar surface area (TPSA) is 0 Å². The van der Waals surface area contributed by atoms with Crippen molar-refractivity contribution in [2.24, 2.45) is 0 Å². The molecule has 15 heavy (non-hydrogen) atoms. The molecule has 0 aromatic carbocycles. The maximum atomic E-state index is 6.45. The first-order valence-electron chi connectivity index (χ1n) is 4.08. The zero-order chi connectivity index (χ0) is 11.6. The lowest BCUT2D eigenvalue weighted by atomic mass is 10.1. The molecule has 0 unspecified atom stereocenters. The van der Waals surface area contributed by atoms with Crippen molar-refractivity contribution in [2.45, 2.75) is 25.8 Å². The predicted octanol–water partition coefficient (Wildman–Crippen LogP) is 4.95. The van der Waals surface area contributed by atoms with Gasteiger partial charge in [-0.3, -0.25) is 0 Å². The van der Waals surface area contributed by atoms with Crippen LogP contribution in [-0.4, -0.2) is 25.6 Å². The molecule has 0 nitrogen and oxygen atoms in total. The van der Waals surface area contributed by atoms with Gasteiger partial charge in [-0.2, -0.15) is 11.8 Å². The molecule has 2 aliphatic carbocycles. The van der Waals surface area contributed by atoms with E-state index in [0.29, 0.717) is 6.42 Å². The molecule has 2 aliphatic rings. The van der Waals surface area contributed by atoms with E-state index in [-0.39, 0.29) is 15.3 Å². The van der Waals surface area contributed by atoms with E-state index in [1.807, 2.05) is 6.26 Å². The van der Waals surface area contributed by atoms with Crippen molar-refractivity contribution in [3.8, 4) is 0 Å². The summed E-state index contributed by atoms with van der Waals surface area (Å²) in [4.78, 5) is -2.15. The van der Waals surface area contributed by atoms with E-state index in [9.17, 15) is 0 Å². The Bertz CT molecular complexity index is 353. The van der Waals surface area contributed by atoms with Gasteiger partial charge in [0, 0.05) is 5.25 Å². The van der Waals surface area contributed by atoms with Gasteiger partial charge >= 0.3 is 0 Å². The molecule has 7 heteroatoms. The third-order valence-electron chi connectivity index (χ3n) is 3.01. The van der Waals surface area contributed by atoms with E-state index in [1.165, 1.54) is 11.8 Å². The van der Waals surface area contributed by atoms with Crippen molar-refractivity contribution in [1.82, 2.24) is 0 Å². The minimum Gasteiger partial charge on any atom is -0.160 e. The molecular weight excluding hydrogens is 341 g/mol. The Kier molecular flexibility index (Phi) is 3.24. The quantitative estimate of drug-likeness (QED) is 0.605. The Balaban J connectivity index is 2.65. The van der Waals surface area contributed by atoms with Gasteiger partial charge in [-0.05, 0) is 12.7 Å². The third kappa shape index (κ3) is 1.27. The minimum atomic E-state index is -1.37. The molecule has 0 saturated heterocycles. The van der Waals surface area contributed by atoms with Gasteiger partial charge in [0.1, 0.15) is 9.75 Å². The summed E-state index contributed by atoms with van der Waals surface area (Å²) in [7, 11) is 0. The van der Waals surface area contributed by atoms with Crippen LogP contribution in [0.1, 0.15) is 6.42 Å². The normalized spacial score (nSPS) is 47.8. The van der Waals surface area contributed by atoms with Crippen molar-refractivity contribution in [3.63, 3.8) is 0 Å². The van der Waals surface area contributed by atoms with Crippen molar-refractivity contribution in [3.05, 3.63) is 10.1 Å². The second kappa shape index (κ2) is 3.66. The molecule has 0 radical (unpaired) electrons. The molecule has 1 saturated carbocycles. The van der Waals surface area contributed by atoms with Crippen LogP contribution in [0.2, 0.25) is 0 Å². The van der Waals surface area contributed by atoms with Crippen LogP contribution in [0.25, 0.3) is 0 Å². The van der Waals surface area contributed by atoms with Crippen LogP contribution in [0.4, 0.5) is 0 Å². The fraction of sp³-hybridized carbons (Fsp3) is 0.750. The van der Waals surface area contributed by atoms with Crippen molar-refractivity contribution >= 4 is 81.4 Å². The second-order valence-electron chi connectivity index (χ2n) is 3.64. The number of rotatable bonds is 1. The van der Waals surface area contributed by atoms with Gasteiger partial charge in [0.15, 0.2) is 4.33 Å². The lowest BCUT2D eigenvalue weighted by Crippen LogP contribution is -2.45. The van der Waals surface area contributed by atoms with Gasteiger partial charge < -0.3 is 0 Å². The lowest BCUT2D eigenvalue weighted by Gasteiger charge is -2.32. The molecule has 2 rings (SSSR count). The molecule has 0 heterocycles. The standard InChI is InChI=1S/C8H6Cl6S/c1-15-3-2-6(11)4(9)5(10)7(3,12)8(6,13)14/h3H,2H2,1H3/t3-,6+,7-/m0/s1. The van der Waals surface area contributed by atoms with Crippen LogP contribution in [-0.2, 0) is 0 Å². The summed E-state index contributed by atoms with van der Waals surface area (Å²) < 4.78 is -1.37. The summed E-state index contributed by atoms with van der Waals surface area (Å²) in [6.45, 7) is 0. The average molecular weight is 347 g/mol. The van der Waals surface area contributed by atoms with Crippen molar-refractivity contribution < 1.29 is 0 Å². The maximum absolute atomic E-state index is 6.45. The Hall–Kier alpha value is 1.83. The Labute approximate surface area is 123 Å². The van der Waals surface area contributed by atoms with Gasteiger partial charge in [0.05, 0.1) is 10.1 Å². The van der Waals surface area contributed by atoms with E-state index < -0.39 is 14.1 Å². The number of hydrogen-bond donors (Lipinski definition) is 0. The fourth-order valence-electron chi connectivity index (χ4n) is 2.10. The highest BCUT2D eigenvalue weighted by Crippen LogP contribution is 2.73. The Morgan fingerprint density at radius 3 is 2.00 bits per heavy atom. The first kappa shape index (κ1) is 13.3. The number of alkyl halides is 4. The molecule has 0 N–H and O–H groups in total. The van der Waals surface area contributed by atoms with Crippen LogP contribution in [0.15, 0.2) is 10.1 Å². The SMILES string of the molecule is CS[C@H]1C[C@@]2(Cl)C(Cl)=C(Cl)[C@]1(Cl)C2(Cl)Cl. The van der Waals surface area contributed by atoms with E-state index in [4.69, 9.17) is 69.6 Å². The van der Waals surface area contributed by atoms with E-state index >= 15 is 0 Å². The van der Waals surface area contributed by atoms with Crippen LogP contribution < -0.4 is 0 Å². The van der Waals surface area contributed by atoms with Gasteiger partial charge in [0.25, 0.3) is 0 Å². The zero-order valence-electron chi connectivity index (χ0n) is 7.46. The van der Waals surface area contributed by atoms with E-state index in [2.05, 4.69) is 0 Å². The number of fused-ring (bicyclic) bond motifs is 2. The zero-order valence-corrected chi connectivity index (χ0v) is 12.8. The Morgan fingerprint density at radius 1 is 1.13 bits per heavy atom. The lowest BCUT2D eigenvalue weighted by molar-refractivity contribution is 0.684. The maximum Gasteiger partial charge on any atom is 0.167 e. The van der Waals surface area contributed by atoms with Gasteiger partial charge in [0.2, 0.25) is 0 Å². The van der Waals surface area contributed by atoms with Gasteiger partial charge in [-0.1, -0.05) is 46.4 Å². The first-order valence-corrected chi connectivity index (χ1v) is 7.63. The van der Waals surface area contributed by atoms with E-state index in [1.54, 1.807) is 0 Å². The number of hydrogen-bond acceptors (Lipinski definition) is 1. The summed E-state index contributed by atoms with van der Waals surface area (Å²) in [5.41, 5.74) is 0. The monoisotopic (exact) mass is 344 g/mol. The second-order valence-corrected chi connectivity index (χ2v) is 8.01. The predicted molar refractivity (Wildman–Crippen MR) is 72.3 cm³/mol. The van der Waals surface area contributed by atoms with Crippen molar-refractivity contribution in [2.75, 3.05) is 6.26 Å². The highest BCUT2D eigenvalue weighted by molar-refractivity contribution is 7.99. The summed E-state index contributed by atoms with van der Waals surface area (Å²) >= 11 is 39.0. The molecule has 0 aromatic heterocycles. The van der Waals surface area contributed by atoms with Crippen LogP contribution in [0, 0.1) is 0 Å². The smallest absolute Gasteiger partial charge is 0.160 e. The van der Waals surface area contributed by atoms with Crippen LogP contribution >= 0.6 is 81.4 Å². The van der Waals surface area contributed by atoms with E-state index in [0.717, 1.165) is 0 Å². The molecule has 86 valence electrons. The van der Waals surface area contributed by atoms with Gasteiger partial charge in [-0.25, -0.2) is 0 Å². The third-order valence-corrected chi connectivity index (χ3v) is 8.51. The molecule has 0 aliphatic heterocycles. The Morgan fingerprint density at radius 2 is 1.67 bits per heavy atom. The highest BCUT2D eigenvalue weighted by Gasteiger charge is 2.78. The number of halogens is 6. The summed E-state index contributed by atoms with van der Waals surface area (Å²) in [5.74, 6) is 0. The van der Waals surface area contributed by atoms with Crippen LogP contribution in [0.5, 0.6) is 0 Å². The molecule has 1 fully saturated rings. The molecule has 0 aromatic rings. The number of thioether (sulfide) groups is 1. The summed E-state index contributed by atoms with van der Waals surface area (Å²) in [6, 6.07) is 0. The molecule has 0 spiro atoms. The van der Waals surface area contributed by atoms with Crippen LogP contribution in [0.3, 0.4) is 0 Å². The fourth-order valence-corrected chi connectivity index (χ4v) is 6.36. The summed E-state index contributed by atoms with van der Waals surface area (Å²) in [5, 5.41) is 0.509. The van der Waals surface area contributed by atoms with Gasteiger partial charge in [-0.15, -0.1) is 23.2 Å². The molecule has 3 atom stereocenters.